The van der Waals surface area contributed by atoms with Gasteiger partial charge < -0.3 is 10.2 Å². The van der Waals surface area contributed by atoms with Crippen LogP contribution in [-0.2, 0) is 17.8 Å². The van der Waals surface area contributed by atoms with E-state index in [1.807, 2.05) is 12.1 Å². The Balaban J connectivity index is 1.49. The number of carbonyl (C=O) groups is 2. The maximum Gasteiger partial charge on any atom is 0.251 e. The van der Waals surface area contributed by atoms with Crippen molar-refractivity contribution in [2.75, 3.05) is 4.90 Å². The van der Waals surface area contributed by atoms with Gasteiger partial charge in [0.15, 0.2) is 0 Å². The van der Waals surface area contributed by atoms with Crippen LogP contribution in [0.3, 0.4) is 0 Å². The first-order valence-electron chi connectivity index (χ1n) is 9.59. The summed E-state index contributed by atoms with van der Waals surface area (Å²) in [5, 5.41) is 3.12. The number of amides is 2. The van der Waals surface area contributed by atoms with E-state index in [2.05, 4.69) is 5.32 Å². The standard InChI is InChI=1S/C22H23FN2O2/c23-18-9-6-15(7-10-18)14-25-20-11-8-16(12-17(20)13-21(25)26)22(27)24-19-4-2-1-3-5-19/h6-12,19H,1-5,13-14H2,(H,24,27). The molecule has 1 aliphatic carbocycles. The van der Waals surface area contributed by atoms with Crippen molar-refractivity contribution < 1.29 is 14.0 Å². The number of nitrogens with one attached hydrogen (secondary N) is 1. The van der Waals surface area contributed by atoms with Gasteiger partial charge in [0.2, 0.25) is 5.91 Å². The number of rotatable bonds is 4. The highest BCUT2D eigenvalue weighted by Gasteiger charge is 2.28. The molecule has 1 heterocycles. The number of hydrogen-bond acceptors (Lipinski definition) is 2. The van der Waals surface area contributed by atoms with Crippen LogP contribution in [0.15, 0.2) is 42.5 Å². The van der Waals surface area contributed by atoms with Crippen LogP contribution in [0.2, 0.25) is 0 Å². The summed E-state index contributed by atoms with van der Waals surface area (Å²) in [7, 11) is 0. The van der Waals surface area contributed by atoms with Crippen LogP contribution < -0.4 is 10.2 Å². The molecular formula is C22H23FN2O2. The molecule has 4 nitrogen and oxygen atoms in total. The summed E-state index contributed by atoms with van der Waals surface area (Å²) < 4.78 is 13.1. The SMILES string of the molecule is O=C(NC1CCCCC1)c1ccc2c(c1)CC(=O)N2Cc1ccc(F)cc1. The van der Waals surface area contributed by atoms with Crippen LogP contribution in [0.4, 0.5) is 10.1 Å². The lowest BCUT2D eigenvalue weighted by molar-refractivity contribution is -0.117. The van der Waals surface area contributed by atoms with E-state index in [0.29, 0.717) is 18.5 Å². The Morgan fingerprint density at radius 1 is 1.07 bits per heavy atom. The van der Waals surface area contributed by atoms with E-state index >= 15 is 0 Å². The second-order valence-corrected chi connectivity index (χ2v) is 7.44. The fraction of sp³-hybridized carbons (Fsp3) is 0.364. The summed E-state index contributed by atoms with van der Waals surface area (Å²) in [5.41, 5.74) is 3.18. The smallest absolute Gasteiger partial charge is 0.251 e. The van der Waals surface area contributed by atoms with Crippen LogP contribution in [-0.4, -0.2) is 17.9 Å². The molecule has 5 heteroatoms. The number of benzene rings is 2. The topological polar surface area (TPSA) is 49.4 Å². The molecule has 140 valence electrons. The minimum absolute atomic E-state index is 0.000774. The number of anilines is 1. The highest BCUT2D eigenvalue weighted by molar-refractivity contribution is 6.03. The first-order chi connectivity index (χ1) is 13.1. The highest BCUT2D eigenvalue weighted by Crippen LogP contribution is 2.31. The van der Waals surface area contributed by atoms with Crippen LogP contribution in [0.1, 0.15) is 53.6 Å². The minimum Gasteiger partial charge on any atom is -0.349 e. The minimum atomic E-state index is -0.291. The van der Waals surface area contributed by atoms with Crippen molar-refractivity contribution in [1.29, 1.82) is 0 Å². The Bertz CT molecular complexity index is 857. The summed E-state index contributed by atoms with van der Waals surface area (Å²) in [6, 6.07) is 11.9. The Hall–Kier alpha value is -2.69. The fourth-order valence-electron chi connectivity index (χ4n) is 3.99. The van der Waals surface area contributed by atoms with Crippen molar-refractivity contribution in [2.24, 2.45) is 0 Å². The largest absolute Gasteiger partial charge is 0.349 e. The molecule has 0 spiro atoms. The third kappa shape index (κ3) is 3.87. The molecule has 0 aromatic heterocycles. The number of hydrogen-bond donors (Lipinski definition) is 1. The Labute approximate surface area is 158 Å². The number of carbonyl (C=O) groups excluding carboxylic acids is 2. The van der Waals surface area contributed by atoms with Crippen LogP contribution in [0.25, 0.3) is 0 Å². The molecule has 2 aromatic carbocycles. The van der Waals surface area contributed by atoms with Crippen molar-refractivity contribution in [3.63, 3.8) is 0 Å². The van der Waals surface area contributed by atoms with Gasteiger partial charge in [0.25, 0.3) is 5.91 Å². The third-order valence-corrected chi connectivity index (χ3v) is 5.47. The van der Waals surface area contributed by atoms with E-state index in [0.717, 1.165) is 29.7 Å². The predicted octanol–water partition coefficient (Wildman–Crippen LogP) is 3.98. The molecule has 1 N–H and O–H groups in total. The number of nitrogens with zero attached hydrogens (tertiary/aromatic N) is 1. The van der Waals surface area contributed by atoms with Gasteiger partial charge in [0, 0.05) is 17.3 Å². The average Bonchev–Trinajstić information content (AvgIpc) is 2.99. The quantitative estimate of drug-likeness (QED) is 0.890. The Morgan fingerprint density at radius 3 is 2.56 bits per heavy atom. The first kappa shape index (κ1) is 17.7. The Morgan fingerprint density at radius 2 is 1.81 bits per heavy atom. The zero-order valence-corrected chi connectivity index (χ0v) is 15.2. The molecule has 0 saturated heterocycles. The van der Waals surface area contributed by atoms with Gasteiger partial charge >= 0.3 is 0 Å². The number of fused-ring (bicyclic) bond motifs is 1. The maximum absolute atomic E-state index is 13.1. The van der Waals surface area contributed by atoms with E-state index < -0.39 is 0 Å². The molecule has 0 unspecified atom stereocenters. The molecule has 0 bridgehead atoms. The molecule has 0 radical (unpaired) electrons. The third-order valence-electron chi connectivity index (χ3n) is 5.47. The Kier molecular flexibility index (Phi) is 4.92. The molecule has 27 heavy (non-hydrogen) atoms. The van der Waals surface area contributed by atoms with Gasteiger partial charge in [-0.05, 0) is 54.3 Å². The van der Waals surface area contributed by atoms with Gasteiger partial charge in [-0.25, -0.2) is 4.39 Å². The van der Waals surface area contributed by atoms with E-state index in [9.17, 15) is 14.0 Å². The lowest BCUT2D eigenvalue weighted by Crippen LogP contribution is -2.36. The summed E-state index contributed by atoms with van der Waals surface area (Å²) in [4.78, 5) is 26.7. The van der Waals surface area contributed by atoms with Crippen molar-refractivity contribution in [2.45, 2.75) is 51.1 Å². The second kappa shape index (κ2) is 7.51. The zero-order chi connectivity index (χ0) is 18.8. The second-order valence-electron chi connectivity index (χ2n) is 7.44. The van der Waals surface area contributed by atoms with Crippen LogP contribution >= 0.6 is 0 Å². The van der Waals surface area contributed by atoms with E-state index in [1.54, 1.807) is 23.1 Å². The molecule has 1 fully saturated rings. The summed E-state index contributed by atoms with van der Waals surface area (Å²) >= 11 is 0. The van der Waals surface area contributed by atoms with Crippen molar-refractivity contribution in [3.8, 4) is 0 Å². The van der Waals surface area contributed by atoms with Crippen LogP contribution in [0, 0.1) is 5.82 Å². The van der Waals surface area contributed by atoms with Gasteiger partial charge in [-0.1, -0.05) is 31.4 Å². The van der Waals surface area contributed by atoms with E-state index in [4.69, 9.17) is 0 Å². The molecule has 1 saturated carbocycles. The normalized spacial score (nSPS) is 17.1. The molecule has 1 aliphatic heterocycles. The fourth-order valence-corrected chi connectivity index (χ4v) is 3.99. The van der Waals surface area contributed by atoms with Crippen molar-refractivity contribution in [3.05, 3.63) is 65.0 Å². The van der Waals surface area contributed by atoms with E-state index in [-0.39, 0.29) is 23.7 Å². The molecular weight excluding hydrogens is 343 g/mol. The van der Waals surface area contributed by atoms with Gasteiger partial charge in [-0.2, -0.15) is 0 Å². The van der Waals surface area contributed by atoms with Gasteiger partial charge in [-0.15, -0.1) is 0 Å². The summed E-state index contributed by atoms with van der Waals surface area (Å²) in [6.07, 6.45) is 5.96. The number of halogens is 1. The highest BCUT2D eigenvalue weighted by atomic mass is 19.1. The van der Waals surface area contributed by atoms with Crippen LogP contribution in [0.5, 0.6) is 0 Å². The average molecular weight is 366 g/mol. The molecule has 4 rings (SSSR count). The van der Waals surface area contributed by atoms with Gasteiger partial charge in [0.05, 0.1) is 13.0 Å². The first-order valence-corrected chi connectivity index (χ1v) is 9.59. The molecule has 0 atom stereocenters. The lowest BCUT2D eigenvalue weighted by Gasteiger charge is -2.23. The maximum atomic E-state index is 13.1. The van der Waals surface area contributed by atoms with Crippen molar-refractivity contribution in [1.82, 2.24) is 5.32 Å². The summed E-state index contributed by atoms with van der Waals surface area (Å²) in [6.45, 7) is 0.403. The zero-order valence-electron chi connectivity index (χ0n) is 15.2. The van der Waals surface area contributed by atoms with Gasteiger partial charge in [0.1, 0.15) is 5.82 Å². The predicted molar refractivity (Wildman–Crippen MR) is 102 cm³/mol. The monoisotopic (exact) mass is 366 g/mol. The van der Waals surface area contributed by atoms with Crippen molar-refractivity contribution >= 4 is 17.5 Å². The molecule has 2 amide bonds. The molecule has 2 aliphatic rings. The molecule has 2 aromatic rings. The summed E-state index contributed by atoms with van der Waals surface area (Å²) in [5.74, 6) is -0.353. The lowest BCUT2D eigenvalue weighted by atomic mass is 9.95. The van der Waals surface area contributed by atoms with E-state index in [1.165, 1.54) is 31.4 Å². The van der Waals surface area contributed by atoms with Gasteiger partial charge in [-0.3, -0.25) is 9.59 Å².